The topological polar surface area (TPSA) is 76.3 Å². The minimum Gasteiger partial charge on any atom is -0.287 e. The number of hydrogen-bond acceptors (Lipinski definition) is 5. The number of hydrogen-bond donors (Lipinski definition) is 0. The first-order valence-electron chi connectivity index (χ1n) is 6.55. The van der Waals surface area contributed by atoms with Gasteiger partial charge in [0.15, 0.2) is 5.13 Å². The number of benzene rings is 2. The zero-order valence-corrected chi connectivity index (χ0v) is 13.5. The maximum absolute atomic E-state index is 12.6. The van der Waals surface area contributed by atoms with Crippen molar-refractivity contribution in [2.45, 2.75) is 0 Å². The van der Waals surface area contributed by atoms with Crippen LogP contribution in [0.3, 0.4) is 0 Å². The first kappa shape index (κ1) is 15.4. The predicted octanol–water partition coefficient (Wildman–Crippen LogP) is 4.13. The fourth-order valence-electron chi connectivity index (χ4n) is 2.06. The molecule has 0 N–H and O–H groups in total. The number of rotatable bonds is 3. The average Bonchev–Trinajstić information content (AvgIpc) is 2.97. The molecule has 1 heterocycles. The molecule has 1 aromatic heterocycles. The summed E-state index contributed by atoms with van der Waals surface area (Å²) in [6, 6.07) is 11.3. The third kappa shape index (κ3) is 2.88. The van der Waals surface area contributed by atoms with Gasteiger partial charge in [-0.15, -0.1) is 0 Å². The minimum absolute atomic E-state index is 0.0719. The van der Waals surface area contributed by atoms with Crippen LogP contribution in [0, 0.1) is 10.1 Å². The molecule has 116 valence electrons. The van der Waals surface area contributed by atoms with E-state index >= 15 is 0 Å². The van der Waals surface area contributed by atoms with E-state index in [4.69, 9.17) is 11.6 Å². The maximum atomic E-state index is 12.6. The molecule has 0 aliphatic carbocycles. The molecule has 1 amide bonds. The summed E-state index contributed by atoms with van der Waals surface area (Å²) in [7, 11) is 1.56. The van der Waals surface area contributed by atoms with Gasteiger partial charge in [0.25, 0.3) is 11.6 Å². The summed E-state index contributed by atoms with van der Waals surface area (Å²) in [6.45, 7) is 0. The molecule has 3 aromatic rings. The molecule has 0 saturated heterocycles. The molecule has 23 heavy (non-hydrogen) atoms. The summed E-state index contributed by atoms with van der Waals surface area (Å²) < 4.78 is 0.951. The van der Waals surface area contributed by atoms with E-state index in [9.17, 15) is 14.9 Å². The van der Waals surface area contributed by atoms with Gasteiger partial charge < -0.3 is 0 Å². The lowest BCUT2D eigenvalue weighted by atomic mass is 10.2. The van der Waals surface area contributed by atoms with Gasteiger partial charge in [0.05, 0.1) is 25.7 Å². The summed E-state index contributed by atoms with van der Waals surface area (Å²) in [5, 5.41) is 11.5. The number of nitro benzene ring substituents is 1. The molecule has 0 spiro atoms. The van der Waals surface area contributed by atoms with Gasteiger partial charge in [-0.25, -0.2) is 4.98 Å². The van der Waals surface area contributed by atoms with Gasteiger partial charge in [0.2, 0.25) is 0 Å². The van der Waals surface area contributed by atoms with Crippen molar-refractivity contribution in [2.24, 2.45) is 0 Å². The van der Waals surface area contributed by atoms with Crippen molar-refractivity contribution >= 4 is 49.9 Å². The summed E-state index contributed by atoms with van der Waals surface area (Å²) in [5.74, 6) is -0.447. The molecule has 3 rings (SSSR count). The zero-order chi connectivity index (χ0) is 16.6. The van der Waals surface area contributed by atoms with Gasteiger partial charge in [-0.2, -0.15) is 0 Å². The fraction of sp³-hybridized carbons (Fsp3) is 0.0667. The van der Waals surface area contributed by atoms with E-state index in [-0.39, 0.29) is 16.3 Å². The van der Waals surface area contributed by atoms with E-state index in [1.165, 1.54) is 34.4 Å². The summed E-state index contributed by atoms with van der Waals surface area (Å²) >= 11 is 7.38. The van der Waals surface area contributed by atoms with Crippen LogP contribution in [0.25, 0.3) is 10.2 Å². The Labute approximate surface area is 140 Å². The number of anilines is 1. The molecule has 8 heteroatoms. The number of nitro groups is 1. The highest BCUT2D eigenvalue weighted by atomic mass is 35.5. The third-order valence-electron chi connectivity index (χ3n) is 3.27. The Bertz CT molecular complexity index is 892. The Kier molecular flexibility index (Phi) is 3.97. The molecule has 0 atom stereocenters. The molecule has 0 bridgehead atoms. The number of para-hydroxylation sites is 1. The van der Waals surface area contributed by atoms with Crippen LogP contribution in [-0.2, 0) is 0 Å². The molecule has 0 aliphatic heterocycles. The summed E-state index contributed by atoms with van der Waals surface area (Å²) in [6.07, 6.45) is 0. The van der Waals surface area contributed by atoms with Crippen LogP contribution < -0.4 is 4.90 Å². The van der Waals surface area contributed by atoms with E-state index in [1.54, 1.807) is 7.05 Å². The van der Waals surface area contributed by atoms with Crippen LogP contribution >= 0.6 is 22.9 Å². The van der Waals surface area contributed by atoms with Crippen LogP contribution in [0.15, 0.2) is 42.5 Å². The molecule has 0 unspecified atom stereocenters. The molecular formula is C15H10ClN3O3S. The Hall–Kier alpha value is -2.51. The second-order valence-corrected chi connectivity index (χ2v) is 6.17. The highest BCUT2D eigenvalue weighted by molar-refractivity contribution is 7.22. The SMILES string of the molecule is CN(C(=O)c1cc([N+](=O)[O-])ccc1Cl)c1nc2ccccc2s1. The number of nitrogens with zero attached hydrogens (tertiary/aromatic N) is 3. The van der Waals surface area contributed by atoms with E-state index in [1.807, 2.05) is 24.3 Å². The Morgan fingerprint density at radius 1 is 1.30 bits per heavy atom. The van der Waals surface area contributed by atoms with Crippen molar-refractivity contribution in [3.05, 3.63) is 63.2 Å². The molecule has 0 aliphatic rings. The van der Waals surface area contributed by atoms with Crippen molar-refractivity contribution < 1.29 is 9.72 Å². The lowest BCUT2D eigenvalue weighted by Crippen LogP contribution is -2.26. The van der Waals surface area contributed by atoms with Crippen LogP contribution in [0.4, 0.5) is 10.8 Å². The van der Waals surface area contributed by atoms with Gasteiger partial charge in [-0.3, -0.25) is 19.8 Å². The number of halogens is 1. The van der Waals surface area contributed by atoms with Crippen molar-refractivity contribution in [3.8, 4) is 0 Å². The lowest BCUT2D eigenvalue weighted by Gasteiger charge is -2.14. The molecule has 0 fully saturated rings. The van der Waals surface area contributed by atoms with Crippen molar-refractivity contribution in [1.29, 1.82) is 0 Å². The summed E-state index contributed by atoms with van der Waals surface area (Å²) in [5.41, 5.74) is 0.676. The highest BCUT2D eigenvalue weighted by Crippen LogP contribution is 2.30. The first-order valence-corrected chi connectivity index (χ1v) is 7.74. The molecule has 2 aromatic carbocycles. The number of fused-ring (bicyclic) bond motifs is 1. The normalized spacial score (nSPS) is 10.7. The van der Waals surface area contributed by atoms with E-state index < -0.39 is 10.8 Å². The van der Waals surface area contributed by atoms with E-state index in [0.717, 1.165) is 10.2 Å². The number of thiazole rings is 1. The quantitative estimate of drug-likeness (QED) is 0.527. The zero-order valence-electron chi connectivity index (χ0n) is 11.9. The smallest absolute Gasteiger partial charge is 0.270 e. The Balaban J connectivity index is 1.99. The fourth-order valence-corrected chi connectivity index (χ4v) is 3.19. The van der Waals surface area contributed by atoms with Crippen LogP contribution in [0.1, 0.15) is 10.4 Å². The molecular weight excluding hydrogens is 338 g/mol. The Morgan fingerprint density at radius 2 is 2.04 bits per heavy atom. The number of carbonyl (C=O) groups is 1. The first-order chi connectivity index (χ1) is 11.0. The summed E-state index contributed by atoms with van der Waals surface area (Å²) in [4.78, 5) is 28.6. The number of aromatic nitrogens is 1. The Morgan fingerprint density at radius 3 is 2.74 bits per heavy atom. The number of non-ortho nitro benzene ring substituents is 1. The highest BCUT2D eigenvalue weighted by Gasteiger charge is 2.22. The lowest BCUT2D eigenvalue weighted by molar-refractivity contribution is -0.384. The maximum Gasteiger partial charge on any atom is 0.270 e. The van der Waals surface area contributed by atoms with Crippen LogP contribution in [-0.4, -0.2) is 22.9 Å². The van der Waals surface area contributed by atoms with Crippen molar-refractivity contribution in [2.75, 3.05) is 11.9 Å². The second-order valence-electron chi connectivity index (χ2n) is 4.75. The van der Waals surface area contributed by atoms with Gasteiger partial charge in [-0.05, 0) is 18.2 Å². The van der Waals surface area contributed by atoms with Gasteiger partial charge >= 0.3 is 0 Å². The number of carbonyl (C=O) groups excluding carboxylic acids is 1. The van der Waals surface area contributed by atoms with Gasteiger partial charge in [0, 0.05) is 19.2 Å². The molecule has 0 radical (unpaired) electrons. The van der Waals surface area contributed by atoms with Gasteiger partial charge in [-0.1, -0.05) is 35.1 Å². The van der Waals surface area contributed by atoms with Crippen LogP contribution in [0.5, 0.6) is 0 Å². The molecule has 0 saturated carbocycles. The predicted molar refractivity (Wildman–Crippen MR) is 90.5 cm³/mol. The van der Waals surface area contributed by atoms with Gasteiger partial charge in [0.1, 0.15) is 0 Å². The second kappa shape index (κ2) is 5.94. The molecule has 6 nitrogen and oxygen atoms in total. The van der Waals surface area contributed by atoms with E-state index in [0.29, 0.717) is 5.13 Å². The third-order valence-corrected chi connectivity index (χ3v) is 4.71. The van der Waals surface area contributed by atoms with Crippen molar-refractivity contribution in [3.63, 3.8) is 0 Å². The monoisotopic (exact) mass is 347 g/mol. The average molecular weight is 348 g/mol. The largest absolute Gasteiger partial charge is 0.287 e. The standard InChI is InChI=1S/C15H10ClN3O3S/c1-18(15-17-12-4-2-3-5-13(12)23-15)14(20)10-8-9(19(21)22)6-7-11(10)16/h2-8H,1H3. The van der Waals surface area contributed by atoms with Crippen molar-refractivity contribution in [1.82, 2.24) is 4.98 Å². The minimum atomic E-state index is -0.565. The van der Waals surface area contributed by atoms with Crippen LogP contribution in [0.2, 0.25) is 5.02 Å². The number of amides is 1. The van der Waals surface area contributed by atoms with E-state index in [2.05, 4.69) is 4.98 Å².